The van der Waals surface area contributed by atoms with Crippen LogP contribution in [-0.2, 0) is 26.3 Å². The molecule has 0 radical (unpaired) electrons. The Hall–Kier alpha value is -4.21. The van der Waals surface area contributed by atoms with E-state index in [1.54, 1.807) is 44.2 Å². The fourth-order valence-electron chi connectivity index (χ4n) is 4.44. The van der Waals surface area contributed by atoms with Crippen molar-refractivity contribution < 1.29 is 24.0 Å². The van der Waals surface area contributed by atoms with E-state index in [1.807, 2.05) is 30.3 Å². The highest BCUT2D eigenvalue weighted by Gasteiger charge is 2.53. The molecule has 0 saturated carbocycles. The van der Waals surface area contributed by atoms with Gasteiger partial charge in [0, 0.05) is 0 Å². The molecule has 2 aliphatic heterocycles. The second-order valence-electron chi connectivity index (χ2n) is 8.87. The van der Waals surface area contributed by atoms with E-state index in [0.717, 1.165) is 10.5 Å². The highest BCUT2D eigenvalue weighted by molar-refractivity contribution is 6.10. The molecule has 0 unspecified atom stereocenters. The van der Waals surface area contributed by atoms with Crippen LogP contribution in [0, 0.1) is 0 Å². The first kappa shape index (κ1) is 23.9. The van der Waals surface area contributed by atoms with Gasteiger partial charge in [-0.3, -0.25) is 24.7 Å². The van der Waals surface area contributed by atoms with Crippen LogP contribution in [0.25, 0.3) is 0 Å². The summed E-state index contributed by atoms with van der Waals surface area (Å²) in [6, 6.07) is 16.8. The number of urea groups is 2. The molecule has 2 heterocycles. The van der Waals surface area contributed by atoms with Crippen molar-refractivity contribution in [3.8, 4) is 0 Å². The molecule has 4 rings (SSSR count). The number of hydrogen-bond acceptors (Lipinski definition) is 5. The van der Waals surface area contributed by atoms with Gasteiger partial charge in [0.05, 0.1) is 0 Å². The summed E-state index contributed by atoms with van der Waals surface area (Å²) in [6.45, 7) is 2.73. The van der Waals surface area contributed by atoms with Gasteiger partial charge in [-0.15, -0.1) is 0 Å². The minimum Gasteiger partial charge on any atom is -0.323 e. The fourth-order valence-corrected chi connectivity index (χ4v) is 4.44. The molecule has 10 nitrogen and oxygen atoms in total. The van der Waals surface area contributed by atoms with Gasteiger partial charge in [-0.1, -0.05) is 67.6 Å². The summed E-state index contributed by atoms with van der Waals surface area (Å²) in [5.41, 5.74) is 1.37. The fraction of sp³-hybridized carbons (Fsp3) is 0.320. The lowest BCUT2D eigenvalue weighted by Gasteiger charge is -2.25. The number of hydrazine groups is 1. The first-order valence-electron chi connectivity index (χ1n) is 11.4. The number of aryl methyl sites for hydroxylation is 1. The molecule has 0 aromatic heterocycles. The summed E-state index contributed by atoms with van der Waals surface area (Å²) < 4.78 is 0. The predicted octanol–water partition coefficient (Wildman–Crippen LogP) is 1.82. The lowest BCUT2D eigenvalue weighted by molar-refractivity contribution is -0.141. The molecule has 2 saturated heterocycles. The van der Waals surface area contributed by atoms with Gasteiger partial charge in [0.15, 0.2) is 0 Å². The maximum Gasteiger partial charge on any atom is 0.344 e. The zero-order chi connectivity index (χ0) is 25.2. The Kier molecular flexibility index (Phi) is 6.29. The van der Waals surface area contributed by atoms with Crippen LogP contribution in [0.1, 0.15) is 37.8 Å². The van der Waals surface area contributed by atoms with Crippen LogP contribution in [0.5, 0.6) is 0 Å². The average molecular weight is 478 g/mol. The quantitative estimate of drug-likeness (QED) is 0.500. The molecule has 2 aliphatic rings. The maximum absolute atomic E-state index is 13.2. The van der Waals surface area contributed by atoms with Gasteiger partial charge in [0.2, 0.25) is 0 Å². The van der Waals surface area contributed by atoms with Gasteiger partial charge in [-0.2, -0.15) is 5.01 Å². The summed E-state index contributed by atoms with van der Waals surface area (Å²) in [4.78, 5) is 64.7. The number of amides is 7. The zero-order valence-corrected chi connectivity index (χ0v) is 19.5. The molecule has 0 bridgehead atoms. The summed E-state index contributed by atoms with van der Waals surface area (Å²) in [5.74, 6) is -2.03. The number of rotatable bonds is 8. The lowest BCUT2D eigenvalue weighted by atomic mass is 9.87. The molecule has 182 valence electrons. The van der Waals surface area contributed by atoms with Crippen LogP contribution in [0.4, 0.5) is 9.59 Å². The Balaban J connectivity index is 1.42. The molecule has 2 atom stereocenters. The number of nitrogens with one attached hydrogen (secondary N) is 3. The van der Waals surface area contributed by atoms with E-state index in [0.29, 0.717) is 23.4 Å². The third kappa shape index (κ3) is 4.34. The van der Waals surface area contributed by atoms with Crippen molar-refractivity contribution in [1.82, 2.24) is 26.0 Å². The normalized spacial score (nSPS) is 23.9. The first-order chi connectivity index (χ1) is 16.7. The molecule has 2 aromatic carbocycles. The van der Waals surface area contributed by atoms with E-state index >= 15 is 0 Å². The molecule has 7 amide bonds. The number of imide groups is 2. The van der Waals surface area contributed by atoms with Gasteiger partial charge < -0.3 is 10.6 Å². The van der Waals surface area contributed by atoms with Crippen LogP contribution >= 0.6 is 0 Å². The second kappa shape index (κ2) is 9.21. The molecule has 0 aliphatic carbocycles. The minimum absolute atomic E-state index is 0.265. The number of carbonyl (C=O) groups excluding carboxylic acids is 5. The second-order valence-corrected chi connectivity index (χ2v) is 8.87. The summed E-state index contributed by atoms with van der Waals surface area (Å²) in [6.07, 6.45) is 1.17. The monoisotopic (exact) mass is 477 g/mol. The van der Waals surface area contributed by atoms with E-state index < -0.39 is 47.4 Å². The molecule has 3 N–H and O–H groups in total. The highest BCUT2D eigenvalue weighted by atomic mass is 16.2. The number of carbonyl (C=O) groups is 5. The molecule has 2 aromatic rings. The van der Waals surface area contributed by atoms with Crippen LogP contribution < -0.4 is 16.1 Å². The molecular weight excluding hydrogens is 450 g/mol. The largest absolute Gasteiger partial charge is 0.344 e. The third-order valence-corrected chi connectivity index (χ3v) is 6.53. The molecule has 35 heavy (non-hydrogen) atoms. The van der Waals surface area contributed by atoms with Crippen molar-refractivity contribution in [2.45, 2.75) is 44.2 Å². The zero-order valence-electron chi connectivity index (χ0n) is 19.5. The van der Waals surface area contributed by atoms with Crippen LogP contribution in [-0.4, -0.2) is 51.8 Å². The highest BCUT2D eigenvalue weighted by Crippen LogP contribution is 2.31. The molecule has 2 fully saturated rings. The third-order valence-electron chi connectivity index (χ3n) is 6.53. The van der Waals surface area contributed by atoms with Gasteiger partial charge in [-0.05, 0) is 37.3 Å². The summed E-state index contributed by atoms with van der Waals surface area (Å²) >= 11 is 0. The Bertz CT molecular complexity index is 1170. The van der Waals surface area contributed by atoms with Crippen molar-refractivity contribution in [3.05, 3.63) is 71.8 Å². The van der Waals surface area contributed by atoms with E-state index in [2.05, 4.69) is 16.1 Å². The van der Waals surface area contributed by atoms with Crippen molar-refractivity contribution in [2.75, 3.05) is 6.54 Å². The Morgan fingerprint density at radius 2 is 1.51 bits per heavy atom. The van der Waals surface area contributed by atoms with Gasteiger partial charge in [0.25, 0.3) is 17.7 Å². The smallest absolute Gasteiger partial charge is 0.323 e. The number of nitrogens with zero attached hydrogens (tertiary/aromatic N) is 2. The Morgan fingerprint density at radius 3 is 2.14 bits per heavy atom. The van der Waals surface area contributed by atoms with Crippen LogP contribution in [0.3, 0.4) is 0 Å². The van der Waals surface area contributed by atoms with Crippen molar-refractivity contribution in [2.24, 2.45) is 0 Å². The van der Waals surface area contributed by atoms with E-state index in [9.17, 15) is 24.0 Å². The Morgan fingerprint density at radius 1 is 0.886 bits per heavy atom. The number of benzene rings is 2. The predicted molar refractivity (Wildman–Crippen MR) is 125 cm³/mol. The van der Waals surface area contributed by atoms with E-state index in [4.69, 9.17) is 0 Å². The lowest BCUT2D eigenvalue weighted by Crippen LogP contribution is -2.52. The molecule has 10 heteroatoms. The van der Waals surface area contributed by atoms with Crippen molar-refractivity contribution >= 4 is 29.8 Å². The SMILES string of the molecule is CC[C@]1(c2ccccc2)NC(=O)N(NC(=O)CN2C(=O)N[C@](C)(CCc3ccccc3)C2=O)C1=O. The average Bonchev–Trinajstić information content (AvgIpc) is 3.23. The van der Waals surface area contributed by atoms with E-state index in [-0.39, 0.29) is 6.42 Å². The summed E-state index contributed by atoms with van der Waals surface area (Å²) in [7, 11) is 0. The minimum atomic E-state index is -1.32. The van der Waals surface area contributed by atoms with Crippen molar-refractivity contribution in [3.63, 3.8) is 0 Å². The van der Waals surface area contributed by atoms with Crippen molar-refractivity contribution in [1.29, 1.82) is 0 Å². The first-order valence-corrected chi connectivity index (χ1v) is 11.4. The van der Waals surface area contributed by atoms with E-state index in [1.165, 1.54) is 0 Å². The van der Waals surface area contributed by atoms with Crippen LogP contribution in [0.15, 0.2) is 60.7 Å². The van der Waals surface area contributed by atoms with Gasteiger partial charge >= 0.3 is 12.1 Å². The number of hydrogen-bond donors (Lipinski definition) is 3. The molecule has 0 spiro atoms. The standard InChI is InChI=1S/C25H27N5O5/c1-3-25(18-12-8-5-9-13-18)21(33)30(23(35)27-25)28-19(31)16-29-20(32)24(2,26-22(29)34)15-14-17-10-6-4-7-11-17/h4-13H,3,14-16H2,1-2H3,(H,26,34)(H,27,35)(H,28,31)/t24-,25-/m1/s1. The van der Waals surface area contributed by atoms with Crippen LogP contribution in [0.2, 0.25) is 0 Å². The van der Waals surface area contributed by atoms with Gasteiger partial charge in [0.1, 0.15) is 17.6 Å². The maximum atomic E-state index is 13.2. The molecular formula is C25H27N5O5. The Labute approximate surface area is 202 Å². The van der Waals surface area contributed by atoms with Gasteiger partial charge in [-0.25, -0.2) is 9.59 Å². The summed E-state index contributed by atoms with van der Waals surface area (Å²) in [5, 5.41) is 5.92. The topological polar surface area (TPSA) is 128 Å².